The van der Waals surface area contributed by atoms with Crippen LogP contribution in [0.1, 0.15) is 22.3 Å². The molecule has 0 saturated carbocycles. The van der Waals surface area contributed by atoms with E-state index in [1.54, 1.807) is 0 Å². The maximum Gasteiger partial charge on any atom is 0.0726 e. The van der Waals surface area contributed by atoms with Crippen molar-refractivity contribution in [3.8, 4) is 33.4 Å². The average molecular weight is 916 g/mol. The molecule has 1 spiro atoms. The van der Waals surface area contributed by atoms with Gasteiger partial charge in [-0.25, -0.2) is 0 Å². The Morgan fingerprint density at radius 2 is 0.746 bits per heavy atom. The van der Waals surface area contributed by atoms with Gasteiger partial charge in [-0.3, -0.25) is 0 Å². The molecule has 328 valence electrons. The third kappa shape index (κ3) is 5.29. The zero-order valence-electron chi connectivity index (χ0n) is 38.5. The summed E-state index contributed by atoms with van der Waals surface area (Å²) < 4.78 is 2.60. The molecule has 0 saturated heterocycles. The highest BCUT2D eigenvalue weighted by molar-refractivity contribution is 7.26. The first-order valence-electron chi connectivity index (χ1n) is 24.7. The molecule has 0 amide bonds. The van der Waals surface area contributed by atoms with Gasteiger partial charge in [-0.15, -0.1) is 11.3 Å². The van der Waals surface area contributed by atoms with Crippen LogP contribution in [-0.4, -0.2) is 0 Å². The van der Waals surface area contributed by atoms with Crippen LogP contribution in [0.2, 0.25) is 0 Å². The Morgan fingerprint density at radius 3 is 1.44 bits per heavy atom. The number of fused-ring (bicyclic) bond motifs is 22. The minimum absolute atomic E-state index is 0.525. The third-order valence-corrected chi connectivity index (χ3v) is 17.2. The van der Waals surface area contributed by atoms with Gasteiger partial charge >= 0.3 is 0 Å². The van der Waals surface area contributed by atoms with Gasteiger partial charge in [0.25, 0.3) is 0 Å². The summed E-state index contributed by atoms with van der Waals surface area (Å²) in [7, 11) is 0. The van der Waals surface area contributed by atoms with Crippen molar-refractivity contribution in [3.63, 3.8) is 0 Å². The second-order valence-electron chi connectivity index (χ2n) is 19.4. The quantitative estimate of drug-likeness (QED) is 0.159. The molecule has 0 N–H and O–H groups in total. The van der Waals surface area contributed by atoms with Gasteiger partial charge in [0.1, 0.15) is 0 Å². The van der Waals surface area contributed by atoms with E-state index in [0.717, 1.165) is 17.1 Å². The first kappa shape index (κ1) is 39.1. The number of rotatable bonds is 4. The van der Waals surface area contributed by atoms with E-state index in [-0.39, 0.29) is 0 Å². The summed E-state index contributed by atoms with van der Waals surface area (Å²) in [6.07, 6.45) is 0. The molecule has 71 heavy (non-hydrogen) atoms. The minimum atomic E-state index is -0.525. The topological polar surface area (TPSA) is 3.24 Å². The van der Waals surface area contributed by atoms with Crippen molar-refractivity contribution in [1.82, 2.24) is 0 Å². The maximum absolute atomic E-state index is 2.60. The monoisotopic (exact) mass is 915 g/mol. The van der Waals surface area contributed by atoms with E-state index in [2.05, 4.69) is 254 Å². The van der Waals surface area contributed by atoms with Gasteiger partial charge in [0.15, 0.2) is 0 Å². The molecule has 2 heteroatoms. The lowest BCUT2D eigenvalue weighted by molar-refractivity contribution is 0.794. The summed E-state index contributed by atoms with van der Waals surface area (Å²) in [5.74, 6) is 0. The van der Waals surface area contributed by atoms with Crippen molar-refractivity contribution >= 4 is 102 Å². The maximum atomic E-state index is 2.60. The number of anilines is 3. The van der Waals surface area contributed by atoms with Crippen LogP contribution in [0.3, 0.4) is 0 Å². The molecular weight excluding hydrogens is 875 g/mol. The SMILES string of the molecule is c1ccc2c(c1)-c1ccccc1C21c2ccccc2-c2cc(-c3cccc4c3sc3ccccc34)c(N(c3ccc4c(ccc5ccccc54)c3)c3ccc4c5ccccc5c5ccccc5c4c3)cc21. The Kier molecular flexibility index (Phi) is 8.04. The van der Waals surface area contributed by atoms with Crippen LogP contribution in [0.25, 0.3) is 107 Å². The van der Waals surface area contributed by atoms with E-state index < -0.39 is 5.41 Å². The zero-order chi connectivity index (χ0) is 46.4. The first-order chi connectivity index (χ1) is 35.2. The van der Waals surface area contributed by atoms with E-state index in [9.17, 15) is 0 Å². The summed E-state index contributed by atoms with van der Waals surface area (Å²) in [5.41, 5.74) is 15.8. The van der Waals surface area contributed by atoms with E-state index in [4.69, 9.17) is 0 Å². The molecule has 0 atom stereocenters. The fourth-order valence-corrected chi connectivity index (χ4v) is 14.3. The largest absolute Gasteiger partial charge is 0.310 e. The van der Waals surface area contributed by atoms with E-state index in [1.165, 1.54) is 130 Å². The molecule has 1 nitrogen and oxygen atoms in total. The van der Waals surface area contributed by atoms with Gasteiger partial charge in [-0.2, -0.15) is 0 Å². The van der Waals surface area contributed by atoms with Crippen LogP contribution in [-0.2, 0) is 5.41 Å². The molecule has 2 aliphatic rings. The molecule has 13 aromatic carbocycles. The van der Waals surface area contributed by atoms with Crippen LogP contribution in [0.4, 0.5) is 17.1 Å². The molecule has 1 aromatic heterocycles. The van der Waals surface area contributed by atoms with Crippen LogP contribution >= 0.6 is 11.3 Å². The molecule has 0 unspecified atom stereocenters. The smallest absolute Gasteiger partial charge is 0.0726 e. The summed E-state index contributed by atoms with van der Waals surface area (Å²) >= 11 is 1.90. The number of hydrogen-bond acceptors (Lipinski definition) is 2. The second-order valence-corrected chi connectivity index (χ2v) is 20.5. The molecule has 0 radical (unpaired) electrons. The van der Waals surface area contributed by atoms with Gasteiger partial charge in [-0.05, 0) is 141 Å². The Hall–Kier alpha value is -8.82. The molecule has 0 bridgehead atoms. The third-order valence-electron chi connectivity index (χ3n) is 16.0. The van der Waals surface area contributed by atoms with E-state index in [0.29, 0.717) is 0 Å². The van der Waals surface area contributed by atoms with Crippen molar-refractivity contribution in [2.45, 2.75) is 5.41 Å². The van der Waals surface area contributed by atoms with Crippen molar-refractivity contribution in [2.24, 2.45) is 0 Å². The van der Waals surface area contributed by atoms with Crippen LogP contribution in [0.15, 0.2) is 249 Å². The van der Waals surface area contributed by atoms with E-state index in [1.807, 2.05) is 11.3 Å². The normalized spacial score (nSPS) is 13.2. The van der Waals surface area contributed by atoms with Gasteiger partial charge in [-0.1, -0.05) is 206 Å². The van der Waals surface area contributed by atoms with Crippen LogP contribution in [0.5, 0.6) is 0 Å². The molecule has 14 aromatic rings. The van der Waals surface area contributed by atoms with Crippen LogP contribution in [0, 0.1) is 0 Å². The van der Waals surface area contributed by atoms with Crippen molar-refractivity contribution in [3.05, 3.63) is 271 Å². The standard InChI is InChI=1S/C69H41NS/c1-2-17-46-42(16-1)32-33-43-38-44(34-36-47(43)46)70(45-35-37-52-50-20-4-3-18-48(50)49-19-5-6-21-51(49)59(52)39-45)66-41-65-60(40-61(66)58-27-15-26-57-56-25-10-14-31-67(56)71-68(57)58)55-24-9-13-30-64(55)69(65)62-28-11-7-22-53(62)54-23-8-12-29-63(54)69/h1-41H. The average Bonchev–Trinajstić information content (AvgIpc) is 4.07. The predicted molar refractivity (Wildman–Crippen MR) is 303 cm³/mol. The van der Waals surface area contributed by atoms with Gasteiger partial charge in [0.2, 0.25) is 0 Å². The number of nitrogens with zero attached hydrogens (tertiary/aromatic N) is 1. The summed E-state index contributed by atoms with van der Waals surface area (Å²) in [6, 6.07) is 94.1. The van der Waals surface area contributed by atoms with E-state index >= 15 is 0 Å². The Balaban J connectivity index is 1.07. The molecule has 0 fully saturated rings. The fourth-order valence-electron chi connectivity index (χ4n) is 13.1. The lowest BCUT2D eigenvalue weighted by atomic mass is 9.70. The Bertz CT molecular complexity index is 4530. The molecule has 16 rings (SSSR count). The zero-order valence-corrected chi connectivity index (χ0v) is 39.3. The highest BCUT2D eigenvalue weighted by atomic mass is 32.1. The Morgan fingerprint density at radius 1 is 0.268 bits per heavy atom. The Labute approximate surface area is 414 Å². The highest BCUT2D eigenvalue weighted by Gasteiger charge is 2.52. The second kappa shape index (κ2) is 14.6. The number of thiophene rings is 1. The first-order valence-corrected chi connectivity index (χ1v) is 25.5. The lowest BCUT2D eigenvalue weighted by Crippen LogP contribution is -2.26. The molecule has 0 aliphatic heterocycles. The lowest BCUT2D eigenvalue weighted by Gasteiger charge is -2.33. The summed E-state index contributed by atoms with van der Waals surface area (Å²) in [5, 5.41) is 15.1. The van der Waals surface area contributed by atoms with Gasteiger partial charge < -0.3 is 4.90 Å². The van der Waals surface area contributed by atoms with Crippen LogP contribution < -0.4 is 4.90 Å². The fraction of sp³-hybridized carbons (Fsp3) is 0.0145. The molecular formula is C69H41NS. The minimum Gasteiger partial charge on any atom is -0.310 e. The van der Waals surface area contributed by atoms with Gasteiger partial charge in [0, 0.05) is 42.7 Å². The van der Waals surface area contributed by atoms with Crippen molar-refractivity contribution in [1.29, 1.82) is 0 Å². The summed E-state index contributed by atoms with van der Waals surface area (Å²) in [6.45, 7) is 0. The molecule has 1 heterocycles. The van der Waals surface area contributed by atoms with Gasteiger partial charge in [0.05, 0.1) is 11.1 Å². The van der Waals surface area contributed by atoms with Crippen molar-refractivity contribution < 1.29 is 0 Å². The van der Waals surface area contributed by atoms with Crippen molar-refractivity contribution in [2.75, 3.05) is 4.90 Å². The predicted octanol–water partition coefficient (Wildman–Crippen LogP) is 19.3. The highest BCUT2D eigenvalue weighted by Crippen LogP contribution is 2.64. The number of benzene rings is 13. The number of hydrogen-bond donors (Lipinski definition) is 0. The summed E-state index contributed by atoms with van der Waals surface area (Å²) in [4.78, 5) is 2.59. The molecule has 2 aliphatic carbocycles.